The maximum absolute atomic E-state index is 9.87. The minimum atomic E-state index is -0.886. The molecule has 0 unspecified atom stereocenters. The summed E-state index contributed by atoms with van der Waals surface area (Å²) in [5.41, 5.74) is 2.54. The largest absolute Gasteiger partial charge is 0.386 e. The van der Waals surface area contributed by atoms with Gasteiger partial charge in [0.1, 0.15) is 0 Å². The van der Waals surface area contributed by atoms with E-state index < -0.39 is 5.60 Å². The van der Waals surface area contributed by atoms with Gasteiger partial charge in [0, 0.05) is 0 Å². The fourth-order valence-electron chi connectivity index (χ4n) is 1.63. The van der Waals surface area contributed by atoms with Gasteiger partial charge in [0.2, 0.25) is 0 Å². The molecule has 0 saturated heterocycles. The van der Waals surface area contributed by atoms with Crippen molar-refractivity contribution >= 4 is 0 Å². The monoisotopic (exact) mass is 189 g/mol. The molecule has 0 radical (unpaired) electrons. The van der Waals surface area contributed by atoms with E-state index in [0.29, 0.717) is 5.56 Å². The summed E-state index contributed by atoms with van der Waals surface area (Å²) in [5, 5.41) is 18.7. The third-order valence-electron chi connectivity index (χ3n) is 2.35. The molecule has 0 spiro atoms. The van der Waals surface area contributed by atoms with Gasteiger partial charge < -0.3 is 5.11 Å². The zero-order chi connectivity index (χ0) is 10.9. The van der Waals surface area contributed by atoms with E-state index >= 15 is 0 Å². The molecular formula is C12H15NO. The van der Waals surface area contributed by atoms with Crippen LogP contribution in [0, 0.1) is 25.2 Å². The molecular weight excluding hydrogens is 174 g/mol. The standard InChI is InChI=1S/C12H15NO/c1-8-5-9(2)11(12(3,4)14)6-10(8)7-13/h5-6,14H,1-4H3. The predicted octanol–water partition coefficient (Wildman–Crippen LogP) is 2.40. The van der Waals surface area contributed by atoms with Crippen LogP contribution in [-0.4, -0.2) is 5.11 Å². The summed E-state index contributed by atoms with van der Waals surface area (Å²) in [6, 6.07) is 5.83. The van der Waals surface area contributed by atoms with Gasteiger partial charge >= 0.3 is 0 Å². The zero-order valence-corrected chi connectivity index (χ0v) is 9.05. The van der Waals surface area contributed by atoms with Crippen LogP contribution in [-0.2, 0) is 5.60 Å². The molecule has 0 aliphatic heterocycles. The molecule has 0 amide bonds. The molecule has 0 fully saturated rings. The first-order chi connectivity index (χ1) is 6.36. The summed E-state index contributed by atoms with van der Waals surface area (Å²) in [5.74, 6) is 0. The highest BCUT2D eigenvalue weighted by Gasteiger charge is 2.19. The molecule has 0 heterocycles. The first-order valence-corrected chi connectivity index (χ1v) is 4.60. The van der Waals surface area contributed by atoms with Crippen LogP contribution in [0.15, 0.2) is 12.1 Å². The maximum Gasteiger partial charge on any atom is 0.0994 e. The summed E-state index contributed by atoms with van der Waals surface area (Å²) >= 11 is 0. The third kappa shape index (κ3) is 1.94. The van der Waals surface area contributed by atoms with Gasteiger partial charge in [-0.15, -0.1) is 0 Å². The quantitative estimate of drug-likeness (QED) is 0.737. The zero-order valence-electron chi connectivity index (χ0n) is 9.05. The highest BCUT2D eigenvalue weighted by molar-refractivity contribution is 5.45. The van der Waals surface area contributed by atoms with E-state index in [9.17, 15) is 5.11 Å². The fraction of sp³-hybridized carbons (Fsp3) is 0.417. The first-order valence-electron chi connectivity index (χ1n) is 4.60. The van der Waals surface area contributed by atoms with Crippen LogP contribution in [0.3, 0.4) is 0 Å². The Bertz CT molecular complexity index is 394. The molecule has 1 aromatic rings. The lowest BCUT2D eigenvalue weighted by Gasteiger charge is -2.21. The molecule has 2 nitrogen and oxygen atoms in total. The van der Waals surface area contributed by atoms with Crippen LogP contribution in [0.2, 0.25) is 0 Å². The highest BCUT2D eigenvalue weighted by Crippen LogP contribution is 2.25. The van der Waals surface area contributed by atoms with Crippen molar-refractivity contribution < 1.29 is 5.11 Å². The molecule has 0 bridgehead atoms. The van der Waals surface area contributed by atoms with E-state index in [1.54, 1.807) is 19.9 Å². The highest BCUT2D eigenvalue weighted by atomic mass is 16.3. The van der Waals surface area contributed by atoms with Crippen molar-refractivity contribution in [3.8, 4) is 6.07 Å². The van der Waals surface area contributed by atoms with E-state index in [1.165, 1.54) is 0 Å². The molecule has 0 saturated carbocycles. The summed E-state index contributed by atoms with van der Waals surface area (Å²) in [7, 11) is 0. The van der Waals surface area contributed by atoms with Crippen molar-refractivity contribution in [3.05, 3.63) is 34.4 Å². The molecule has 2 heteroatoms. The second kappa shape index (κ2) is 3.43. The SMILES string of the molecule is Cc1cc(C)c(C(C)(C)O)cc1C#N. The van der Waals surface area contributed by atoms with Gasteiger partial charge in [0.25, 0.3) is 0 Å². The number of aliphatic hydroxyl groups is 1. The molecule has 14 heavy (non-hydrogen) atoms. The average molecular weight is 189 g/mol. The number of hydrogen-bond acceptors (Lipinski definition) is 2. The lowest BCUT2D eigenvalue weighted by molar-refractivity contribution is 0.0779. The van der Waals surface area contributed by atoms with Crippen molar-refractivity contribution in [3.63, 3.8) is 0 Å². The van der Waals surface area contributed by atoms with Gasteiger partial charge in [-0.1, -0.05) is 6.07 Å². The Labute approximate surface area is 84.8 Å². The van der Waals surface area contributed by atoms with Crippen LogP contribution in [0.5, 0.6) is 0 Å². The number of aryl methyl sites for hydroxylation is 2. The Morgan fingerprint density at radius 1 is 1.21 bits per heavy atom. The normalized spacial score (nSPS) is 11.1. The number of hydrogen-bond donors (Lipinski definition) is 1. The van der Waals surface area contributed by atoms with Crippen molar-refractivity contribution in [1.82, 2.24) is 0 Å². The van der Waals surface area contributed by atoms with Crippen LogP contribution < -0.4 is 0 Å². The Morgan fingerprint density at radius 3 is 2.21 bits per heavy atom. The molecule has 0 atom stereocenters. The van der Waals surface area contributed by atoms with Gasteiger partial charge in [-0.05, 0) is 50.5 Å². The number of rotatable bonds is 1. The fourth-order valence-corrected chi connectivity index (χ4v) is 1.63. The van der Waals surface area contributed by atoms with Gasteiger partial charge in [-0.3, -0.25) is 0 Å². The molecule has 0 aliphatic carbocycles. The summed E-state index contributed by atoms with van der Waals surface area (Å²) < 4.78 is 0. The smallest absolute Gasteiger partial charge is 0.0994 e. The van der Waals surface area contributed by atoms with Gasteiger partial charge in [0.05, 0.1) is 17.2 Å². The summed E-state index contributed by atoms with van der Waals surface area (Å²) in [6.45, 7) is 7.30. The first kappa shape index (κ1) is 10.7. The van der Waals surface area contributed by atoms with Crippen molar-refractivity contribution in [2.45, 2.75) is 33.3 Å². The minimum absolute atomic E-state index is 0.632. The molecule has 0 aliphatic rings. The molecule has 0 aromatic heterocycles. The number of nitrogens with zero attached hydrogens (tertiary/aromatic N) is 1. The maximum atomic E-state index is 9.87. The number of nitriles is 1. The molecule has 74 valence electrons. The van der Waals surface area contributed by atoms with E-state index in [-0.39, 0.29) is 0 Å². The second-order valence-corrected chi connectivity index (χ2v) is 4.15. The van der Waals surface area contributed by atoms with E-state index in [2.05, 4.69) is 6.07 Å². The van der Waals surface area contributed by atoms with Crippen LogP contribution in [0.25, 0.3) is 0 Å². The second-order valence-electron chi connectivity index (χ2n) is 4.15. The Hall–Kier alpha value is -1.33. The van der Waals surface area contributed by atoms with Crippen molar-refractivity contribution in [2.24, 2.45) is 0 Å². The van der Waals surface area contributed by atoms with Crippen molar-refractivity contribution in [2.75, 3.05) is 0 Å². The van der Waals surface area contributed by atoms with Gasteiger partial charge in [0.15, 0.2) is 0 Å². The molecule has 1 aromatic carbocycles. The lowest BCUT2D eigenvalue weighted by Crippen LogP contribution is -2.17. The van der Waals surface area contributed by atoms with Crippen LogP contribution >= 0.6 is 0 Å². The van der Waals surface area contributed by atoms with E-state index in [1.807, 2.05) is 19.9 Å². The van der Waals surface area contributed by atoms with Gasteiger partial charge in [-0.25, -0.2) is 0 Å². The third-order valence-corrected chi connectivity index (χ3v) is 2.35. The summed E-state index contributed by atoms with van der Waals surface area (Å²) in [6.07, 6.45) is 0. The predicted molar refractivity (Wildman–Crippen MR) is 55.9 cm³/mol. The van der Waals surface area contributed by atoms with Gasteiger partial charge in [-0.2, -0.15) is 5.26 Å². The van der Waals surface area contributed by atoms with E-state index in [4.69, 9.17) is 5.26 Å². The minimum Gasteiger partial charge on any atom is -0.386 e. The lowest BCUT2D eigenvalue weighted by atomic mass is 9.90. The Morgan fingerprint density at radius 2 is 1.79 bits per heavy atom. The Balaban J connectivity index is 3.41. The van der Waals surface area contributed by atoms with Crippen molar-refractivity contribution in [1.29, 1.82) is 5.26 Å². The summed E-state index contributed by atoms with van der Waals surface area (Å²) in [4.78, 5) is 0. The Kier molecular flexibility index (Phi) is 2.64. The van der Waals surface area contributed by atoms with Crippen LogP contribution in [0.1, 0.15) is 36.1 Å². The average Bonchev–Trinajstić information content (AvgIpc) is 2.02. The van der Waals surface area contributed by atoms with Crippen LogP contribution in [0.4, 0.5) is 0 Å². The topological polar surface area (TPSA) is 44.0 Å². The molecule has 1 N–H and O–H groups in total. The van der Waals surface area contributed by atoms with E-state index in [0.717, 1.165) is 16.7 Å². The number of benzene rings is 1. The molecule has 1 rings (SSSR count).